The Bertz CT molecular complexity index is 1540. The first-order valence-corrected chi connectivity index (χ1v) is 13.0. The highest BCUT2D eigenvalue weighted by molar-refractivity contribution is 14.1. The van der Waals surface area contributed by atoms with Gasteiger partial charge in [0.1, 0.15) is 11.5 Å². The number of hydrogen-bond donors (Lipinski definition) is 1. The molecule has 0 saturated heterocycles. The van der Waals surface area contributed by atoms with E-state index >= 15 is 0 Å². The lowest BCUT2D eigenvalue weighted by Crippen LogP contribution is -2.18. The molecule has 7 nitrogen and oxygen atoms in total. The largest absolute Gasteiger partial charge is 0.465 e. The van der Waals surface area contributed by atoms with E-state index in [9.17, 15) is 14.8 Å². The number of esters is 1. The molecule has 0 fully saturated rings. The third kappa shape index (κ3) is 6.31. The molecule has 4 aromatic rings. The lowest BCUT2D eigenvalue weighted by molar-refractivity contribution is 0.0600. The standard InChI is InChI=1S/C30H27IN2O5/c1-19-15-23(31)10-13-26(19)27(17-28(32-36)22-9-14-29(34)33(2)18-22)20-7-11-24(12-8-20)38-25-6-4-5-21(16-25)30(35)37-3/h4-16,18,27,36H,17H2,1-3H3/b32-28+. The van der Waals surface area contributed by atoms with Crippen molar-refractivity contribution in [2.75, 3.05) is 7.11 Å². The summed E-state index contributed by atoms with van der Waals surface area (Å²) < 4.78 is 13.4. The molecule has 38 heavy (non-hydrogen) atoms. The first-order valence-electron chi connectivity index (χ1n) is 11.9. The van der Waals surface area contributed by atoms with Crippen molar-refractivity contribution >= 4 is 34.3 Å². The summed E-state index contributed by atoms with van der Waals surface area (Å²) in [6, 6.07) is 23.9. The second-order valence-electron chi connectivity index (χ2n) is 8.86. The fraction of sp³-hybridized carbons (Fsp3) is 0.167. The van der Waals surface area contributed by atoms with Crippen LogP contribution in [0.2, 0.25) is 0 Å². The zero-order chi connectivity index (χ0) is 27.2. The number of carbonyl (C=O) groups excluding carboxylic acids is 1. The molecular weight excluding hydrogens is 595 g/mol. The summed E-state index contributed by atoms with van der Waals surface area (Å²) in [5, 5.41) is 13.5. The average Bonchev–Trinajstić information content (AvgIpc) is 2.92. The molecule has 3 aromatic carbocycles. The summed E-state index contributed by atoms with van der Waals surface area (Å²) in [4.78, 5) is 23.7. The van der Waals surface area contributed by atoms with Gasteiger partial charge in [-0.05, 0) is 94.7 Å². The van der Waals surface area contributed by atoms with E-state index in [0.717, 1.165) is 20.3 Å². The normalized spacial score (nSPS) is 12.2. The molecule has 1 unspecified atom stereocenters. The van der Waals surface area contributed by atoms with E-state index in [2.05, 4.69) is 52.9 Å². The molecule has 1 heterocycles. The van der Waals surface area contributed by atoms with Crippen molar-refractivity contribution in [1.82, 2.24) is 4.57 Å². The Hall–Kier alpha value is -3.92. The predicted molar refractivity (Wildman–Crippen MR) is 155 cm³/mol. The van der Waals surface area contributed by atoms with Crippen molar-refractivity contribution < 1.29 is 19.5 Å². The van der Waals surface area contributed by atoms with Gasteiger partial charge in [-0.2, -0.15) is 0 Å². The minimum absolute atomic E-state index is 0.119. The number of aryl methyl sites for hydroxylation is 2. The van der Waals surface area contributed by atoms with Gasteiger partial charge in [0, 0.05) is 40.8 Å². The maximum atomic E-state index is 11.9. The molecule has 0 aliphatic heterocycles. The van der Waals surface area contributed by atoms with Crippen molar-refractivity contribution in [2.24, 2.45) is 12.2 Å². The Morgan fingerprint density at radius 2 is 1.76 bits per heavy atom. The second-order valence-corrected chi connectivity index (χ2v) is 10.1. The van der Waals surface area contributed by atoms with Gasteiger partial charge in [-0.1, -0.05) is 29.4 Å². The van der Waals surface area contributed by atoms with E-state index in [-0.39, 0.29) is 11.5 Å². The highest BCUT2D eigenvalue weighted by Crippen LogP contribution is 2.34. The highest BCUT2D eigenvalue weighted by atomic mass is 127. The number of nitrogens with zero attached hydrogens (tertiary/aromatic N) is 2. The number of carbonyl (C=O) groups is 1. The second kappa shape index (κ2) is 12.1. The van der Waals surface area contributed by atoms with Gasteiger partial charge in [0.05, 0.1) is 18.4 Å². The van der Waals surface area contributed by atoms with Gasteiger partial charge in [0.2, 0.25) is 5.56 Å². The van der Waals surface area contributed by atoms with E-state index in [4.69, 9.17) is 9.47 Å². The third-order valence-electron chi connectivity index (χ3n) is 6.32. The maximum absolute atomic E-state index is 11.9. The van der Waals surface area contributed by atoms with Crippen LogP contribution < -0.4 is 10.3 Å². The Labute approximate surface area is 234 Å². The quantitative estimate of drug-likeness (QED) is 0.0822. The van der Waals surface area contributed by atoms with Crippen LogP contribution >= 0.6 is 22.6 Å². The van der Waals surface area contributed by atoms with Gasteiger partial charge in [-0.25, -0.2) is 4.79 Å². The van der Waals surface area contributed by atoms with E-state index in [0.29, 0.717) is 34.8 Å². The molecule has 0 amide bonds. The number of aromatic nitrogens is 1. The SMILES string of the molecule is COC(=O)c1cccc(Oc2ccc(C(C/C(=N\O)c3ccc(=O)n(C)c3)c3ccc(I)cc3C)cc2)c1. The first kappa shape index (κ1) is 27.1. The summed E-state index contributed by atoms with van der Waals surface area (Å²) in [7, 11) is 3.01. The molecule has 1 N–H and O–H groups in total. The monoisotopic (exact) mass is 622 g/mol. The number of hydrogen-bond acceptors (Lipinski definition) is 6. The lowest BCUT2D eigenvalue weighted by atomic mass is 9.83. The molecule has 0 saturated carbocycles. The minimum Gasteiger partial charge on any atom is -0.465 e. The van der Waals surface area contributed by atoms with Crippen LogP contribution in [0.25, 0.3) is 0 Å². The zero-order valence-electron chi connectivity index (χ0n) is 21.2. The van der Waals surface area contributed by atoms with Crippen LogP contribution in [-0.2, 0) is 11.8 Å². The predicted octanol–water partition coefficient (Wildman–Crippen LogP) is 6.28. The van der Waals surface area contributed by atoms with Crippen molar-refractivity contribution in [3.05, 3.63) is 127 Å². The lowest BCUT2D eigenvalue weighted by Gasteiger charge is -2.21. The number of pyridine rings is 1. The van der Waals surface area contributed by atoms with E-state index < -0.39 is 5.97 Å². The van der Waals surface area contributed by atoms with E-state index in [1.54, 1.807) is 43.6 Å². The van der Waals surface area contributed by atoms with Crippen LogP contribution in [0.5, 0.6) is 11.5 Å². The van der Waals surface area contributed by atoms with Crippen molar-refractivity contribution in [2.45, 2.75) is 19.3 Å². The van der Waals surface area contributed by atoms with Crippen LogP contribution in [0.3, 0.4) is 0 Å². The Morgan fingerprint density at radius 1 is 1.00 bits per heavy atom. The van der Waals surface area contributed by atoms with Crippen LogP contribution in [0.15, 0.2) is 95.0 Å². The number of methoxy groups -OCH3 is 1. The summed E-state index contributed by atoms with van der Waals surface area (Å²) in [6.07, 6.45) is 2.09. The summed E-state index contributed by atoms with van der Waals surface area (Å²) >= 11 is 2.29. The number of oxime groups is 1. The Morgan fingerprint density at radius 3 is 2.42 bits per heavy atom. The summed E-state index contributed by atoms with van der Waals surface area (Å²) in [5.74, 6) is 0.589. The zero-order valence-corrected chi connectivity index (χ0v) is 23.4. The first-order chi connectivity index (χ1) is 18.3. The van der Waals surface area contributed by atoms with Gasteiger partial charge in [-0.3, -0.25) is 4.79 Å². The van der Waals surface area contributed by atoms with Gasteiger partial charge >= 0.3 is 5.97 Å². The summed E-state index contributed by atoms with van der Waals surface area (Å²) in [6.45, 7) is 2.07. The molecule has 4 rings (SSSR count). The topological polar surface area (TPSA) is 90.1 Å². The maximum Gasteiger partial charge on any atom is 0.337 e. The molecule has 194 valence electrons. The van der Waals surface area contributed by atoms with Crippen molar-refractivity contribution in [3.63, 3.8) is 0 Å². The van der Waals surface area contributed by atoms with Crippen molar-refractivity contribution in [3.8, 4) is 11.5 Å². The van der Waals surface area contributed by atoms with E-state index in [1.165, 1.54) is 17.7 Å². The minimum atomic E-state index is -0.429. The Balaban J connectivity index is 1.66. The third-order valence-corrected chi connectivity index (χ3v) is 6.99. The molecule has 1 atom stereocenters. The fourth-order valence-corrected chi connectivity index (χ4v) is 4.97. The number of rotatable bonds is 8. The average molecular weight is 622 g/mol. The van der Waals surface area contributed by atoms with Gasteiger partial charge in [-0.15, -0.1) is 0 Å². The number of benzene rings is 3. The summed E-state index contributed by atoms with van der Waals surface area (Å²) in [5.41, 5.74) is 4.66. The highest BCUT2D eigenvalue weighted by Gasteiger charge is 2.21. The Kier molecular flexibility index (Phi) is 8.62. The number of halogens is 1. The molecule has 0 radical (unpaired) electrons. The molecule has 0 spiro atoms. The van der Waals surface area contributed by atoms with Crippen LogP contribution in [0, 0.1) is 10.5 Å². The molecule has 0 bridgehead atoms. The smallest absolute Gasteiger partial charge is 0.337 e. The van der Waals surface area contributed by atoms with Gasteiger partial charge in [0.25, 0.3) is 0 Å². The van der Waals surface area contributed by atoms with Crippen LogP contribution in [0.1, 0.15) is 45.0 Å². The van der Waals surface area contributed by atoms with Crippen LogP contribution in [0.4, 0.5) is 0 Å². The molecule has 1 aromatic heterocycles. The fourth-order valence-electron chi connectivity index (χ4n) is 4.32. The van der Waals surface area contributed by atoms with Crippen LogP contribution in [-0.4, -0.2) is 28.6 Å². The van der Waals surface area contributed by atoms with Gasteiger partial charge in [0.15, 0.2) is 0 Å². The molecule has 8 heteroatoms. The molecule has 0 aliphatic carbocycles. The van der Waals surface area contributed by atoms with Crippen molar-refractivity contribution in [1.29, 1.82) is 0 Å². The molecular formula is C30H27IN2O5. The van der Waals surface area contributed by atoms with E-state index in [1.807, 2.05) is 24.3 Å². The molecule has 0 aliphatic rings. The van der Waals surface area contributed by atoms with Gasteiger partial charge < -0.3 is 19.2 Å². The number of ether oxygens (including phenoxy) is 2.